The Morgan fingerprint density at radius 3 is 2.68 bits per heavy atom. The van der Waals surface area contributed by atoms with Gasteiger partial charge in [-0.25, -0.2) is 4.79 Å². The van der Waals surface area contributed by atoms with E-state index in [1.165, 1.54) is 0 Å². The van der Waals surface area contributed by atoms with Crippen molar-refractivity contribution < 1.29 is 4.79 Å². The van der Waals surface area contributed by atoms with E-state index in [2.05, 4.69) is 9.97 Å². The van der Waals surface area contributed by atoms with Crippen molar-refractivity contribution in [1.82, 2.24) is 14.5 Å². The summed E-state index contributed by atoms with van der Waals surface area (Å²) in [5, 5.41) is 0.928. The molecule has 5 heteroatoms. The first kappa shape index (κ1) is 12.6. The normalized spacial score (nSPS) is 11.3. The van der Waals surface area contributed by atoms with E-state index in [1.54, 1.807) is 18.2 Å². The molecule has 0 spiro atoms. The number of aromatic nitrogens is 3. The lowest BCUT2D eigenvalue weighted by Gasteiger charge is -2.00. The standard InChI is InChI=1S/C17H13N3O2/c1-20-9-12(11-4-2-3-5-15(11)20)16(21)10-6-7-13-14(8-10)19-17(22)18-13/h2-9H,1H3,(H2,18,19,22). The van der Waals surface area contributed by atoms with Crippen molar-refractivity contribution in [2.75, 3.05) is 0 Å². The average Bonchev–Trinajstić information content (AvgIpc) is 3.06. The number of nitrogens with zero attached hydrogens (tertiary/aromatic N) is 1. The van der Waals surface area contributed by atoms with Crippen LogP contribution in [0.5, 0.6) is 0 Å². The van der Waals surface area contributed by atoms with Crippen LogP contribution in [0.15, 0.2) is 53.5 Å². The summed E-state index contributed by atoms with van der Waals surface area (Å²) in [6.07, 6.45) is 1.84. The summed E-state index contributed by atoms with van der Waals surface area (Å²) in [6.45, 7) is 0. The van der Waals surface area contributed by atoms with Crippen LogP contribution in [0.2, 0.25) is 0 Å². The minimum absolute atomic E-state index is 0.0549. The van der Waals surface area contributed by atoms with E-state index in [-0.39, 0.29) is 11.5 Å². The fraction of sp³-hybridized carbons (Fsp3) is 0.0588. The van der Waals surface area contributed by atoms with Gasteiger partial charge in [0.05, 0.1) is 11.0 Å². The summed E-state index contributed by atoms with van der Waals surface area (Å²) in [4.78, 5) is 29.5. The number of imidazole rings is 1. The van der Waals surface area contributed by atoms with Gasteiger partial charge in [-0.2, -0.15) is 0 Å². The van der Waals surface area contributed by atoms with Gasteiger partial charge in [0, 0.05) is 35.3 Å². The molecular weight excluding hydrogens is 278 g/mol. The molecule has 0 saturated carbocycles. The zero-order valence-electron chi connectivity index (χ0n) is 11.9. The zero-order chi connectivity index (χ0) is 15.3. The van der Waals surface area contributed by atoms with Gasteiger partial charge >= 0.3 is 5.69 Å². The number of hydrogen-bond acceptors (Lipinski definition) is 2. The van der Waals surface area contributed by atoms with Gasteiger partial charge in [-0.1, -0.05) is 18.2 Å². The van der Waals surface area contributed by atoms with Crippen LogP contribution in [-0.4, -0.2) is 20.3 Å². The fourth-order valence-electron chi connectivity index (χ4n) is 2.85. The van der Waals surface area contributed by atoms with E-state index in [0.717, 1.165) is 10.9 Å². The smallest absolute Gasteiger partial charge is 0.323 e. The van der Waals surface area contributed by atoms with E-state index < -0.39 is 0 Å². The third-order valence-electron chi connectivity index (χ3n) is 3.92. The van der Waals surface area contributed by atoms with Gasteiger partial charge < -0.3 is 14.5 Å². The number of aryl methyl sites for hydroxylation is 1. The minimum atomic E-state index is -0.273. The fourth-order valence-corrected chi connectivity index (χ4v) is 2.85. The van der Waals surface area contributed by atoms with Crippen LogP contribution in [-0.2, 0) is 7.05 Å². The van der Waals surface area contributed by atoms with E-state index in [4.69, 9.17) is 0 Å². The van der Waals surface area contributed by atoms with Crippen LogP contribution in [0.3, 0.4) is 0 Å². The molecule has 0 fully saturated rings. The largest absolute Gasteiger partial charge is 0.350 e. The highest BCUT2D eigenvalue weighted by Gasteiger charge is 2.16. The number of benzene rings is 2. The lowest BCUT2D eigenvalue weighted by molar-refractivity contribution is 0.104. The van der Waals surface area contributed by atoms with E-state index >= 15 is 0 Å². The van der Waals surface area contributed by atoms with Crippen molar-refractivity contribution in [1.29, 1.82) is 0 Å². The molecule has 0 radical (unpaired) electrons. The second-order valence-electron chi connectivity index (χ2n) is 5.34. The predicted molar refractivity (Wildman–Crippen MR) is 85.3 cm³/mol. The van der Waals surface area contributed by atoms with Gasteiger partial charge in [-0.05, 0) is 24.3 Å². The predicted octanol–water partition coefficient (Wildman–Crippen LogP) is 2.58. The van der Waals surface area contributed by atoms with Crippen molar-refractivity contribution in [2.24, 2.45) is 7.05 Å². The Morgan fingerprint density at radius 2 is 1.82 bits per heavy atom. The SMILES string of the molecule is Cn1cc(C(=O)c2ccc3[nH]c(=O)[nH]c3c2)c2ccccc21. The van der Waals surface area contributed by atoms with Gasteiger partial charge in [0.2, 0.25) is 0 Å². The Kier molecular flexibility index (Phi) is 2.56. The molecular formula is C17H13N3O2. The molecule has 0 aliphatic heterocycles. The molecule has 108 valence electrons. The van der Waals surface area contributed by atoms with Gasteiger partial charge in [-0.3, -0.25) is 4.79 Å². The topological polar surface area (TPSA) is 70.7 Å². The summed E-state index contributed by atoms with van der Waals surface area (Å²) in [7, 11) is 1.92. The number of para-hydroxylation sites is 1. The Morgan fingerprint density at radius 1 is 1.05 bits per heavy atom. The lowest BCUT2D eigenvalue weighted by Crippen LogP contribution is -2.00. The Hall–Kier alpha value is -3.08. The van der Waals surface area contributed by atoms with Crippen LogP contribution >= 0.6 is 0 Å². The molecule has 22 heavy (non-hydrogen) atoms. The van der Waals surface area contributed by atoms with Crippen molar-refractivity contribution in [3.05, 3.63) is 70.3 Å². The van der Waals surface area contributed by atoms with E-state index in [1.807, 2.05) is 42.1 Å². The monoisotopic (exact) mass is 291 g/mol. The molecule has 0 bridgehead atoms. The molecule has 2 heterocycles. The molecule has 2 aromatic carbocycles. The van der Waals surface area contributed by atoms with Gasteiger partial charge in [0.25, 0.3) is 0 Å². The summed E-state index contributed by atoms with van der Waals surface area (Å²) in [6, 6.07) is 13.0. The first-order chi connectivity index (χ1) is 10.6. The number of nitrogens with one attached hydrogen (secondary N) is 2. The lowest BCUT2D eigenvalue weighted by atomic mass is 10.0. The number of aromatic amines is 2. The van der Waals surface area contributed by atoms with Crippen LogP contribution in [0, 0.1) is 0 Å². The van der Waals surface area contributed by atoms with Gasteiger partial charge in [-0.15, -0.1) is 0 Å². The summed E-state index contributed by atoms with van der Waals surface area (Å²) in [5.41, 5.74) is 3.29. The molecule has 0 amide bonds. The maximum atomic E-state index is 12.8. The molecule has 2 N–H and O–H groups in total. The molecule has 0 unspecified atom stereocenters. The maximum absolute atomic E-state index is 12.8. The number of carbonyl (C=O) groups is 1. The Labute approximate surface area is 125 Å². The highest BCUT2D eigenvalue weighted by molar-refractivity contribution is 6.17. The highest BCUT2D eigenvalue weighted by Crippen LogP contribution is 2.23. The molecule has 0 aliphatic carbocycles. The second kappa shape index (κ2) is 4.46. The van der Waals surface area contributed by atoms with Crippen LogP contribution in [0.1, 0.15) is 15.9 Å². The maximum Gasteiger partial charge on any atom is 0.323 e. The zero-order valence-corrected chi connectivity index (χ0v) is 11.9. The van der Waals surface area contributed by atoms with Crippen LogP contribution in [0.25, 0.3) is 21.9 Å². The highest BCUT2D eigenvalue weighted by atomic mass is 16.1. The second-order valence-corrected chi connectivity index (χ2v) is 5.34. The molecule has 4 aromatic rings. The van der Waals surface area contributed by atoms with Crippen LogP contribution in [0.4, 0.5) is 0 Å². The number of rotatable bonds is 2. The van der Waals surface area contributed by atoms with E-state index in [9.17, 15) is 9.59 Å². The van der Waals surface area contributed by atoms with Gasteiger partial charge in [0.1, 0.15) is 0 Å². The van der Waals surface area contributed by atoms with Crippen molar-refractivity contribution in [3.63, 3.8) is 0 Å². The minimum Gasteiger partial charge on any atom is -0.350 e. The summed E-state index contributed by atoms with van der Waals surface area (Å²) < 4.78 is 1.94. The molecule has 0 saturated heterocycles. The van der Waals surface area contributed by atoms with Gasteiger partial charge in [0.15, 0.2) is 5.78 Å². The molecule has 4 rings (SSSR count). The molecule has 0 aliphatic rings. The molecule has 5 nitrogen and oxygen atoms in total. The van der Waals surface area contributed by atoms with Crippen molar-refractivity contribution in [3.8, 4) is 0 Å². The Bertz CT molecular complexity index is 1080. The average molecular weight is 291 g/mol. The molecule has 0 atom stereocenters. The van der Waals surface area contributed by atoms with E-state index in [0.29, 0.717) is 22.2 Å². The Balaban J connectivity index is 1.89. The first-order valence-corrected chi connectivity index (χ1v) is 6.94. The first-order valence-electron chi connectivity index (χ1n) is 6.94. The third kappa shape index (κ3) is 1.79. The number of H-pyrrole nitrogens is 2. The number of hydrogen-bond donors (Lipinski definition) is 2. The number of carbonyl (C=O) groups excluding carboxylic acids is 1. The quantitative estimate of drug-likeness (QED) is 0.557. The number of fused-ring (bicyclic) bond motifs is 2. The van der Waals surface area contributed by atoms with Crippen molar-refractivity contribution >= 4 is 27.7 Å². The number of ketones is 1. The van der Waals surface area contributed by atoms with Crippen LogP contribution < -0.4 is 5.69 Å². The third-order valence-corrected chi connectivity index (χ3v) is 3.92. The summed E-state index contributed by atoms with van der Waals surface area (Å²) in [5.74, 6) is -0.0549. The molecule has 2 aromatic heterocycles. The summed E-state index contributed by atoms with van der Waals surface area (Å²) >= 11 is 0. The van der Waals surface area contributed by atoms with Crippen molar-refractivity contribution in [2.45, 2.75) is 0 Å².